The van der Waals surface area contributed by atoms with Crippen LogP contribution in [-0.4, -0.2) is 0 Å². The fraction of sp³-hybridized carbons (Fsp3) is 0.600. The van der Waals surface area contributed by atoms with Crippen LogP contribution in [-0.2, 0) is 0 Å². The highest BCUT2D eigenvalue weighted by molar-refractivity contribution is 5.23. The SMILES string of the molecule is C[C@@H]1C=C[C@@H]2CCC[C@]23C=CC=C[C@H]1C3. The lowest BCUT2D eigenvalue weighted by Gasteiger charge is -2.32. The molecule has 1 saturated carbocycles. The summed E-state index contributed by atoms with van der Waals surface area (Å²) in [6.45, 7) is 2.37. The van der Waals surface area contributed by atoms with Crippen molar-refractivity contribution in [2.75, 3.05) is 0 Å². The number of hydrogen-bond donors (Lipinski definition) is 0. The van der Waals surface area contributed by atoms with Gasteiger partial charge in [-0.15, -0.1) is 0 Å². The van der Waals surface area contributed by atoms with Crippen molar-refractivity contribution >= 4 is 0 Å². The van der Waals surface area contributed by atoms with Crippen molar-refractivity contribution in [3.63, 3.8) is 0 Å². The van der Waals surface area contributed by atoms with Crippen molar-refractivity contribution in [2.45, 2.75) is 32.6 Å². The molecular formula is C15H20. The molecule has 0 aromatic rings. The van der Waals surface area contributed by atoms with Crippen molar-refractivity contribution < 1.29 is 0 Å². The van der Waals surface area contributed by atoms with E-state index in [1.54, 1.807) is 0 Å². The Morgan fingerprint density at radius 2 is 2.07 bits per heavy atom. The zero-order valence-electron chi connectivity index (χ0n) is 9.52. The molecule has 80 valence electrons. The van der Waals surface area contributed by atoms with Gasteiger partial charge >= 0.3 is 0 Å². The molecule has 0 aliphatic heterocycles. The first-order valence-electron chi connectivity index (χ1n) is 6.34. The average Bonchev–Trinajstić information content (AvgIpc) is 2.42. The summed E-state index contributed by atoms with van der Waals surface area (Å²) in [5.41, 5.74) is 0.509. The van der Waals surface area contributed by atoms with Gasteiger partial charge in [0.2, 0.25) is 0 Å². The molecule has 0 amide bonds. The minimum atomic E-state index is 0.509. The van der Waals surface area contributed by atoms with Gasteiger partial charge in [-0.25, -0.2) is 0 Å². The minimum Gasteiger partial charge on any atom is -0.0848 e. The van der Waals surface area contributed by atoms with Crippen molar-refractivity contribution in [3.05, 3.63) is 36.5 Å². The summed E-state index contributed by atoms with van der Waals surface area (Å²) in [6.07, 6.45) is 20.1. The van der Waals surface area contributed by atoms with Crippen molar-refractivity contribution in [1.29, 1.82) is 0 Å². The molecule has 0 nitrogen and oxygen atoms in total. The zero-order chi connectivity index (χ0) is 10.3. The van der Waals surface area contributed by atoms with Crippen molar-refractivity contribution in [2.24, 2.45) is 23.2 Å². The highest BCUT2D eigenvalue weighted by atomic mass is 14.5. The van der Waals surface area contributed by atoms with Crippen LogP contribution in [0.3, 0.4) is 0 Å². The quantitative estimate of drug-likeness (QED) is 0.516. The second-order valence-corrected chi connectivity index (χ2v) is 5.59. The predicted octanol–water partition coefficient (Wildman–Crippen LogP) is 4.11. The lowest BCUT2D eigenvalue weighted by atomic mass is 9.72. The molecule has 2 bridgehead atoms. The monoisotopic (exact) mass is 200 g/mol. The molecule has 0 unspecified atom stereocenters. The molecule has 15 heavy (non-hydrogen) atoms. The third-order valence-corrected chi connectivity index (χ3v) is 4.73. The Balaban J connectivity index is 2.04. The van der Waals surface area contributed by atoms with Gasteiger partial charge in [0.25, 0.3) is 0 Å². The van der Waals surface area contributed by atoms with Crippen LogP contribution in [0.5, 0.6) is 0 Å². The molecule has 0 aromatic heterocycles. The van der Waals surface area contributed by atoms with Gasteiger partial charge < -0.3 is 0 Å². The molecular weight excluding hydrogens is 180 g/mol. The van der Waals surface area contributed by atoms with Gasteiger partial charge in [0.05, 0.1) is 0 Å². The van der Waals surface area contributed by atoms with Crippen molar-refractivity contribution in [3.8, 4) is 0 Å². The van der Waals surface area contributed by atoms with E-state index >= 15 is 0 Å². The third kappa shape index (κ3) is 1.42. The standard InChI is InChI=1S/C15H20/c1-12-7-8-14-6-4-10-15(14)9-3-2-5-13(12)11-15/h2-3,5,7-9,12-14H,4,6,10-11H2,1H3/t12-,13+,14+,15+/m1/s1. The van der Waals surface area contributed by atoms with Gasteiger partial charge in [0.15, 0.2) is 0 Å². The van der Waals surface area contributed by atoms with E-state index in [4.69, 9.17) is 0 Å². The van der Waals surface area contributed by atoms with E-state index in [0.29, 0.717) is 5.41 Å². The maximum Gasteiger partial charge on any atom is -0.00466 e. The lowest BCUT2D eigenvalue weighted by molar-refractivity contribution is 0.258. The summed E-state index contributed by atoms with van der Waals surface area (Å²) in [7, 11) is 0. The smallest absolute Gasteiger partial charge is 0.00466 e. The third-order valence-electron chi connectivity index (χ3n) is 4.73. The summed E-state index contributed by atoms with van der Waals surface area (Å²) in [5, 5.41) is 0. The number of hydrogen-bond acceptors (Lipinski definition) is 0. The van der Waals surface area contributed by atoms with Crippen LogP contribution in [0.2, 0.25) is 0 Å². The van der Waals surface area contributed by atoms with Gasteiger partial charge in [0, 0.05) is 0 Å². The minimum absolute atomic E-state index is 0.509. The molecule has 0 aromatic carbocycles. The van der Waals surface area contributed by atoms with Crippen LogP contribution in [0.25, 0.3) is 0 Å². The van der Waals surface area contributed by atoms with Crippen LogP contribution in [0, 0.1) is 23.2 Å². The molecule has 3 aliphatic carbocycles. The maximum absolute atomic E-state index is 2.52. The summed E-state index contributed by atoms with van der Waals surface area (Å²) < 4.78 is 0. The summed E-state index contributed by atoms with van der Waals surface area (Å²) in [5.74, 6) is 2.31. The van der Waals surface area contributed by atoms with Crippen LogP contribution in [0.15, 0.2) is 36.5 Å². The van der Waals surface area contributed by atoms with E-state index in [1.165, 1.54) is 25.7 Å². The van der Waals surface area contributed by atoms with Gasteiger partial charge in [-0.05, 0) is 42.4 Å². The van der Waals surface area contributed by atoms with Crippen LogP contribution < -0.4 is 0 Å². The highest BCUT2D eigenvalue weighted by Gasteiger charge is 2.42. The summed E-state index contributed by atoms with van der Waals surface area (Å²) in [6, 6.07) is 0. The van der Waals surface area contributed by atoms with E-state index < -0.39 is 0 Å². The lowest BCUT2D eigenvalue weighted by Crippen LogP contribution is -2.23. The molecule has 0 heterocycles. The van der Waals surface area contributed by atoms with Crippen LogP contribution >= 0.6 is 0 Å². The van der Waals surface area contributed by atoms with Crippen molar-refractivity contribution in [1.82, 2.24) is 0 Å². The molecule has 0 radical (unpaired) electrons. The number of rotatable bonds is 0. The molecule has 0 saturated heterocycles. The molecule has 1 spiro atoms. The molecule has 4 atom stereocenters. The topological polar surface area (TPSA) is 0 Å². The molecule has 0 heteroatoms. The second-order valence-electron chi connectivity index (χ2n) is 5.59. The zero-order valence-corrected chi connectivity index (χ0v) is 9.52. The molecule has 3 aliphatic rings. The number of fused-ring (bicyclic) bond motifs is 1. The van der Waals surface area contributed by atoms with E-state index in [1.807, 2.05) is 0 Å². The fourth-order valence-electron chi connectivity index (χ4n) is 3.71. The van der Waals surface area contributed by atoms with Gasteiger partial charge in [-0.2, -0.15) is 0 Å². The van der Waals surface area contributed by atoms with E-state index in [-0.39, 0.29) is 0 Å². The molecule has 3 rings (SSSR count). The van der Waals surface area contributed by atoms with Gasteiger partial charge in [-0.3, -0.25) is 0 Å². The maximum atomic E-state index is 2.52. The van der Waals surface area contributed by atoms with Gasteiger partial charge in [-0.1, -0.05) is 49.8 Å². The Kier molecular flexibility index (Phi) is 2.12. The fourth-order valence-corrected chi connectivity index (χ4v) is 3.71. The first kappa shape index (κ1) is 9.45. The Hall–Kier alpha value is -0.780. The van der Waals surface area contributed by atoms with Crippen LogP contribution in [0.1, 0.15) is 32.6 Å². The van der Waals surface area contributed by atoms with E-state index in [9.17, 15) is 0 Å². The highest BCUT2D eigenvalue weighted by Crippen LogP contribution is 2.53. The Morgan fingerprint density at radius 1 is 1.13 bits per heavy atom. The Bertz CT molecular complexity index is 334. The van der Waals surface area contributed by atoms with E-state index in [2.05, 4.69) is 43.4 Å². The average molecular weight is 200 g/mol. The van der Waals surface area contributed by atoms with Crippen LogP contribution in [0.4, 0.5) is 0 Å². The Labute approximate surface area is 92.8 Å². The summed E-state index contributed by atoms with van der Waals surface area (Å²) in [4.78, 5) is 0. The first-order chi connectivity index (χ1) is 7.30. The summed E-state index contributed by atoms with van der Waals surface area (Å²) >= 11 is 0. The Morgan fingerprint density at radius 3 is 3.00 bits per heavy atom. The van der Waals surface area contributed by atoms with E-state index in [0.717, 1.165) is 17.8 Å². The largest absolute Gasteiger partial charge is 0.0848 e. The second kappa shape index (κ2) is 3.37. The first-order valence-corrected chi connectivity index (χ1v) is 6.34. The molecule has 0 N–H and O–H groups in total. The predicted molar refractivity (Wildman–Crippen MR) is 64.5 cm³/mol. The normalized spacial score (nSPS) is 47.4. The molecule has 1 fully saturated rings. The van der Waals surface area contributed by atoms with Gasteiger partial charge in [0.1, 0.15) is 0 Å². The number of allylic oxidation sites excluding steroid dienone is 6.